The summed E-state index contributed by atoms with van der Waals surface area (Å²) in [5.74, 6) is -0.999. The van der Waals surface area contributed by atoms with Crippen molar-refractivity contribution in [1.82, 2.24) is 0 Å². The van der Waals surface area contributed by atoms with E-state index in [0.717, 1.165) is 0 Å². The number of nitriles is 1. The first kappa shape index (κ1) is 16.4. The fraction of sp³-hybridized carbons (Fsp3) is 0.429. The fourth-order valence-electron chi connectivity index (χ4n) is 1.88. The molecule has 0 heterocycles. The van der Waals surface area contributed by atoms with Crippen LogP contribution in [0.15, 0.2) is 18.2 Å². The number of carboxylic acids is 1. The Morgan fingerprint density at radius 1 is 1.52 bits per heavy atom. The molecule has 21 heavy (non-hydrogen) atoms. The smallest absolute Gasteiger partial charge is 0.309 e. The zero-order valence-electron chi connectivity index (χ0n) is 12.1. The summed E-state index contributed by atoms with van der Waals surface area (Å²) < 4.78 is 0. The molecule has 0 radical (unpaired) electrons. The molecular formula is C14H17N3O4. The van der Waals surface area contributed by atoms with Crippen LogP contribution in [-0.4, -0.2) is 22.0 Å². The van der Waals surface area contributed by atoms with Crippen LogP contribution >= 0.6 is 0 Å². The molecule has 7 nitrogen and oxygen atoms in total. The number of hydrogen-bond donors (Lipinski definition) is 2. The first-order valence-corrected chi connectivity index (χ1v) is 6.32. The number of nitrogens with one attached hydrogen (secondary N) is 1. The Morgan fingerprint density at radius 2 is 2.14 bits per heavy atom. The molecule has 1 unspecified atom stereocenters. The number of nitrogens with zero attached hydrogens (tertiary/aromatic N) is 2. The van der Waals surface area contributed by atoms with Crippen molar-refractivity contribution in [2.45, 2.75) is 33.2 Å². The van der Waals surface area contributed by atoms with E-state index in [-0.39, 0.29) is 23.4 Å². The molecule has 0 saturated carbocycles. The molecule has 0 aliphatic rings. The number of aliphatic carboxylic acids is 1. The van der Waals surface area contributed by atoms with Gasteiger partial charge >= 0.3 is 11.7 Å². The third kappa shape index (κ3) is 4.18. The van der Waals surface area contributed by atoms with E-state index < -0.39 is 22.3 Å². The lowest BCUT2D eigenvalue weighted by Crippen LogP contribution is -2.36. The Hall–Kier alpha value is -2.62. The zero-order chi connectivity index (χ0) is 16.2. The van der Waals surface area contributed by atoms with Crippen LogP contribution < -0.4 is 5.32 Å². The van der Waals surface area contributed by atoms with Gasteiger partial charge in [0, 0.05) is 6.04 Å². The highest BCUT2D eigenvalue weighted by Gasteiger charge is 2.30. The van der Waals surface area contributed by atoms with Gasteiger partial charge in [-0.05, 0) is 17.5 Å². The minimum atomic E-state index is -0.999. The number of nitro benzene ring substituents is 1. The fourth-order valence-corrected chi connectivity index (χ4v) is 1.88. The van der Waals surface area contributed by atoms with Crippen LogP contribution in [0.1, 0.15) is 32.8 Å². The van der Waals surface area contributed by atoms with Crippen molar-refractivity contribution in [3.05, 3.63) is 33.9 Å². The molecule has 0 aliphatic carbocycles. The van der Waals surface area contributed by atoms with Crippen molar-refractivity contribution >= 4 is 17.3 Å². The Kier molecular flexibility index (Phi) is 4.87. The molecule has 1 atom stereocenters. The van der Waals surface area contributed by atoms with Gasteiger partial charge < -0.3 is 10.4 Å². The quantitative estimate of drug-likeness (QED) is 0.636. The number of hydrogen-bond acceptors (Lipinski definition) is 5. The van der Waals surface area contributed by atoms with E-state index in [0.29, 0.717) is 0 Å². The Balaban J connectivity index is 3.24. The van der Waals surface area contributed by atoms with Crippen molar-refractivity contribution in [3.63, 3.8) is 0 Å². The molecule has 0 spiro atoms. The van der Waals surface area contributed by atoms with Gasteiger partial charge in [-0.25, -0.2) is 0 Å². The molecule has 0 aliphatic heterocycles. The minimum Gasteiger partial charge on any atom is -0.481 e. The molecule has 0 amide bonds. The molecule has 112 valence electrons. The summed E-state index contributed by atoms with van der Waals surface area (Å²) in [5, 5.41) is 32.0. The Labute approximate surface area is 122 Å². The molecule has 1 aromatic carbocycles. The molecule has 1 aromatic rings. The van der Waals surface area contributed by atoms with E-state index in [4.69, 9.17) is 10.4 Å². The van der Waals surface area contributed by atoms with Crippen LogP contribution in [0.5, 0.6) is 0 Å². The van der Waals surface area contributed by atoms with E-state index >= 15 is 0 Å². The van der Waals surface area contributed by atoms with Gasteiger partial charge in [-0.1, -0.05) is 26.8 Å². The number of benzene rings is 1. The predicted octanol–water partition coefficient (Wildman–Crippen LogP) is 2.77. The highest BCUT2D eigenvalue weighted by Crippen LogP contribution is 2.32. The molecular weight excluding hydrogens is 274 g/mol. The maximum absolute atomic E-state index is 11.2. The van der Waals surface area contributed by atoms with Crippen molar-refractivity contribution < 1.29 is 14.8 Å². The number of anilines is 1. The molecule has 0 saturated heterocycles. The Morgan fingerprint density at radius 3 is 2.57 bits per heavy atom. The number of para-hydroxylation sites is 1. The van der Waals surface area contributed by atoms with Crippen LogP contribution in [0.25, 0.3) is 0 Å². The zero-order valence-corrected chi connectivity index (χ0v) is 12.1. The van der Waals surface area contributed by atoms with E-state index in [1.165, 1.54) is 18.2 Å². The summed E-state index contributed by atoms with van der Waals surface area (Å²) in [4.78, 5) is 21.5. The average Bonchev–Trinajstić information content (AvgIpc) is 2.35. The lowest BCUT2D eigenvalue weighted by molar-refractivity contribution is -0.384. The SMILES string of the molecule is CC(C)(C)C(CC(=O)O)Nc1cccc(C#N)c1[N+](=O)[O-]. The van der Waals surface area contributed by atoms with Gasteiger partial charge in [-0.15, -0.1) is 0 Å². The van der Waals surface area contributed by atoms with Crippen LogP contribution in [0.4, 0.5) is 11.4 Å². The van der Waals surface area contributed by atoms with Crippen LogP contribution in [-0.2, 0) is 4.79 Å². The largest absolute Gasteiger partial charge is 0.481 e. The third-order valence-electron chi connectivity index (χ3n) is 3.09. The molecule has 2 N–H and O–H groups in total. The maximum atomic E-state index is 11.2. The summed E-state index contributed by atoms with van der Waals surface area (Å²) in [7, 11) is 0. The van der Waals surface area contributed by atoms with Gasteiger partial charge in [0.15, 0.2) is 0 Å². The number of carbonyl (C=O) groups is 1. The van der Waals surface area contributed by atoms with Gasteiger partial charge in [0.1, 0.15) is 17.3 Å². The van der Waals surface area contributed by atoms with E-state index in [1.807, 2.05) is 20.8 Å². The molecule has 0 bridgehead atoms. The average molecular weight is 291 g/mol. The van der Waals surface area contributed by atoms with Crippen LogP contribution in [0.3, 0.4) is 0 Å². The molecule has 0 aromatic heterocycles. The molecule has 0 fully saturated rings. The van der Waals surface area contributed by atoms with E-state index in [1.54, 1.807) is 6.07 Å². The first-order valence-electron chi connectivity index (χ1n) is 6.32. The van der Waals surface area contributed by atoms with Crippen LogP contribution in [0.2, 0.25) is 0 Å². The van der Waals surface area contributed by atoms with Gasteiger partial charge in [-0.3, -0.25) is 14.9 Å². The topological polar surface area (TPSA) is 116 Å². The van der Waals surface area contributed by atoms with Gasteiger partial charge in [0.25, 0.3) is 0 Å². The van der Waals surface area contributed by atoms with E-state index in [9.17, 15) is 14.9 Å². The van der Waals surface area contributed by atoms with Crippen molar-refractivity contribution in [2.75, 3.05) is 5.32 Å². The standard InChI is InChI=1S/C14H17N3O4/c1-14(2,3)11(7-12(18)19)16-10-6-4-5-9(8-15)13(10)17(20)21/h4-6,11,16H,7H2,1-3H3,(H,18,19). The molecule has 1 rings (SSSR count). The summed E-state index contributed by atoms with van der Waals surface area (Å²) in [5.41, 5.74) is -0.664. The summed E-state index contributed by atoms with van der Waals surface area (Å²) in [6.45, 7) is 5.52. The lowest BCUT2D eigenvalue weighted by Gasteiger charge is -2.31. The second-order valence-electron chi connectivity index (χ2n) is 5.73. The van der Waals surface area contributed by atoms with Crippen molar-refractivity contribution in [2.24, 2.45) is 5.41 Å². The molecule has 7 heteroatoms. The predicted molar refractivity (Wildman–Crippen MR) is 76.9 cm³/mol. The Bertz CT molecular complexity index is 599. The highest BCUT2D eigenvalue weighted by molar-refractivity contribution is 5.72. The van der Waals surface area contributed by atoms with Crippen molar-refractivity contribution in [3.8, 4) is 6.07 Å². The summed E-state index contributed by atoms with van der Waals surface area (Å²) in [6, 6.07) is 5.61. The van der Waals surface area contributed by atoms with Crippen molar-refractivity contribution in [1.29, 1.82) is 5.26 Å². The number of nitro groups is 1. The lowest BCUT2D eigenvalue weighted by atomic mass is 9.84. The normalized spacial score (nSPS) is 12.3. The second-order valence-corrected chi connectivity index (χ2v) is 5.73. The summed E-state index contributed by atoms with van der Waals surface area (Å²) in [6.07, 6.45) is -0.183. The maximum Gasteiger partial charge on any atom is 0.309 e. The van der Waals surface area contributed by atoms with Gasteiger partial charge in [-0.2, -0.15) is 5.26 Å². The third-order valence-corrected chi connectivity index (χ3v) is 3.09. The number of rotatable bonds is 5. The summed E-state index contributed by atoms with van der Waals surface area (Å²) >= 11 is 0. The highest BCUT2D eigenvalue weighted by atomic mass is 16.6. The first-order chi connectivity index (χ1) is 9.66. The van der Waals surface area contributed by atoms with Gasteiger partial charge in [0.2, 0.25) is 0 Å². The monoisotopic (exact) mass is 291 g/mol. The van der Waals surface area contributed by atoms with E-state index in [2.05, 4.69) is 5.32 Å². The van der Waals surface area contributed by atoms with Gasteiger partial charge in [0.05, 0.1) is 11.3 Å². The minimum absolute atomic E-state index is 0.0621. The number of carboxylic acid groups (broad SMARTS) is 1. The van der Waals surface area contributed by atoms with Crippen LogP contribution in [0, 0.1) is 26.9 Å². The second kappa shape index (κ2) is 6.22.